The molecule has 116 valence electrons. The molecule has 1 atom stereocenters. The van der Waals surface area contributed by atoms with E-state index in [1.165, 1.54) is 6.07 Å². The smallest absolute Gasteiger partial charge is 0.416 e. The highest BCUT2D eigenvalue weighted by Crippen LogP contribution is 2.38. The van der Waals surface area contributed by atoms with Crippen LogP contribution in [0.3, 0.4) is 0 Å². The summed E-state index contributed by atoms with van der Waals surface area (Å²) >= 11 is 0. The molecule has 0 aromatic heterocycles. The lowest BCUT2D eigenvalue weighted by Crippen LogP contribution is -2.26. The van der Waals surface area contributed by atoms with Crippen LogP contribution in [0.25, 0.3) is 0 Å². The second-order valence-electron chi connectivity index (χ2n) is 5.47. The normalized spacial score (nSPS) is 13.7. The van der Waals surface area contributed by atoms with E-state index in [1.807, 2.05) is 0 Å². The van der Waals surface area contributed by atoms with E-state index in [2.05, 4.69) is 6.58 Å². The molecule has 1 aromatic rings. The molecule has 0 amide bonds. The zero-order chi connectivity index (χ0) is 16.4. The number of carbonyl (C=O) groups is 1. The van der Waals surface area contributed by atoms with Crippen molar-refractivity contribution in [1.82, 2.24) is 0 Å². The van der Waals surface area contributed by atoms with Crippen molar-refractivity contribution in [2.45, 2.75) is 38.7 Å². The highest BCUT2D eigenvalue weighted by atomic mass is 19.4. The molecule has 0 N–H and O–H groups in total. The van der Waals surface area contributed by atoms with E-state index >= 15 is 0 Å². The molecule has 0 radical (unpaired) electrons. The zero-order valence-corrected chi connectivity index (χ0v) is 11.9. The van der Waals surface area contributed by atoms with E-state index < -0.39 is 40.6 Å². The van der Waals surface area contributed by atoms with Crippen molar-refractivity contribution < 1.29 is 27.1 Å². The number of hydrogen-bond acceptors (Lipinski definition) is 2. The summed E-state index contributed by atoms with van der Waals surface area (Å²) in [6, 6.07) is 4.14. The van der Waals surface area contributed by atoms with Gasteiger partial charge in [-0.25, -0.2) is 9.18 Å². The summed E-state index contributed by atoms with van der Waals surface area (Å²) in [5.41, 5.74) is -3.34. The maximum absolute atomic E-state index is 14.2. The van der Waals surface area contributed by atoms with Gasteiger partial charge in [0.2, 0.25) is 0 Å². The summed E-state index contributed by atoms with van der Waals surface area (Å²) in [7, 11) is 0. The summed E-state index contributed by atoms with van der Waals surface area (Å²) in [5.74, 6) is -1.06. The number of hydrogen-bond donors (Lipinski definition) is 0. The first-order valence-electron chi connectivity index (χ1n) is 6.16. The van der Waals surface area contributed by atoms with Crippen LogP contribution >= 0.6 is 0 Å². The Balaban J connectivity index is 3.07. The standard InChI is InChI=1S/C15H16F4O2/c1-9(13(20)21-14(2,3)4)12(16)10-7-5-6-8-11(10)15(17,18)19/h5-8,12H,1H2,2-4H3. The fourth-order valence-corrected chi connectivity index (χ4v) is 1.61. The van der Waals surface area contributed by atoms with Gasteiger partial charge >= 0.3 is 12.1 Å². The topological polar surface area (TPSA) is 26.3 Å². The fourth-order valence-electron chi connectivity index (χ4n) is 1.61. The van der Waals surface area contributed by atoms with E-state index in [0.29, 0.717) is 0 Å². The molecule has 0 aliphatic rings. The summed E-state index contributed by atoms with van der Waals surface area (Å²) in [6.07, 6.45) is -6.99. The average molecular weight is 304 g/mol. The first kappa shape index (κ1) is 17.2. The van der Waals surface area contributed by atoms with Crippen molar-refractivity contribution in [2.24, 2.45) is 0 Å². The molecule has 0 fully saturated rings. The van der Waals surface area contributed by atoms with Gasteiger partial charge in [-0.1, -0.05) is 24.8 Å². The molecule has 21 heavy (non-hydrogen) atoms. The van der Waals surface area contributed by atoms with Gasteiger partial charge in [0.15, 0.2) is 6.17 Å². The zero-order valence-electron chi connectivity index (χ0n) is 11.9. The maximum atomic E-state index is 14.2. The van der Waals surface area contributed by atoms with Gasteiger partial charge in [0, 0.05) is 5.56 Å². The predicted octanol–water partition coefficient (Wildman–Crippen LogP) is 4.61. The lowest BCUT2D eigenvalue weighted by atomic mass is 9.98. The number of halogens is 4. The van der Waals surface area contributed by atoms with Crippen LogP contribution in [-0.2, 0) is 15.7 Å². The minimum atomic E-state index is -4.71. The second kappa shape index (κ2) is 5.87. The molecule has 1 aromatic carbocycles. The minimum Gasteiger partial charge on any atom is -0.457 e. The number of rotatable bonds is 3. The number of esters is 1. The van der Waals surface area contributed by atoms with E-state index in [9.17, 15) is 22.4 Å². The molecule has 1 rings (SSSR count). The summed E-state index contributed by atoms with van der Waals surface area (Å²) in [4.78, 5) is 11.7. The first-order chi connectivity index (χ1) is 9.43. The van der Waals surface area contributed by atoms with E-state index in [1.54, 1.807) is 20.8 Å². The Morgan fingerprint density at radius 2 is 1.71 bits per heavy atom. The van der Waals surface area contributed by atoms with Crippen LogP contribution < -0.4 is 0 Å². The highest BCUT2D eigenvalue weighted by Gasteiger charge is 2.37. The first-order valence-corrected chi connectivity index (χ1v) is 6.16. The number of ether oxygens (including phenoxy) is 1. The van der Waals surface area contributed by atoms with Crippen LogP contribution in [0.15, 0.2) is 36.4 Å². The summed E-state index contributed by atoms with van der Waals surface area (Å²) < 4.78 is 57.6. The van der Waals surface area contributed by atoms with Gasteiger partial charge in [0.05, 0.1) is 11.1 Å². The maximum Gasteiger partial charge on any atom is 0.416 e. The van der Waals surface area contributed by atoms with Crippen molar-refractivity contribution in [1.29, 1.82) is 0 Å². The van der Waals surface area contributed by atoms with Crippen LogP contribution in [0.2, 0.25) is 0 Å². The molecule has 2 nitrogen and oxygen atoms in total. The summed E-state index contributed by atoms with van der Waals surface area (Å²) in [5, 5.41) is 0. The molecule has 0 saturated heterocycles. The molecule has 0 aliphatic carbocycles. The Morgan fingerprint density at radius 1 is 1.19 bits per heavy atom. The molecule has 0 aliphatic heterocycles. The van der Waals surface area contributed by atoms with Crippen LogP contribution in [-0.4, -0.2) is 11.6 Å². The van der Waals surface area contributed by atoms with Gasteiger partial charge in [0.1, 0.15) is 5.60 Å². The third-order valence-corrected chi connectivity index (χ3v) is 2.51. The largest absolute Gasteiger partial charge is 0.457 e. The second-order valence-corrected chi connectivity index (χ2v) is 5.47. The van der Waals surface area contributed by atoms with Crippen molar-refractivity contribution in [3.63, 3.8) is 0 Å². The number of carbonyl (C=O) groups excluding carboxylic acids is 1. The monoisotopic (exact) mass is 304 g/mol. The van der Waals surface area contributed by atoms with Crippen molar-refractivity contribution in [3.05, 3.63) is 47.5 Å². The van der Waals surface area contributed by atoms with Crippen molar-refractivity contribution in [2.75, 3.05) is 0 Å². The van der Waals surface area contributed by atoms with Gasteiger partial charge < -0.3 is 4.74 Å². The quantitative estimate of drug-likeness (QED) is 0.463. The predicted molar refractivity (Wildman–Crippen MR) is 70.3 cm³/mol. The van der Waals surface area contributed by atoms with Gasteiger partial charge in [-0.3, -0.25) is 0 Å². The Bertz CT molecular complexity index is 541. The summed E-state index contributed by atoms with van der Waals surface area (Å²) in [6.45, 7) is 7.92. The molecule has 1 unspecified atom stereocenters. The van der Waals surface area contributed by atoms with E-state index in [0.717, 1.165) is 18.2 Å². The molecular formula is C15H16F4O2. The number of alkyl halides is 4. The third-order valence-electron chi connectivity index (χ3n) is 2.51. The lowest BCUT2D eigenvalue weighted by molar-refractivity contribution is -0.151. The SMILES string of the molecule is C=C(C(=O)OC(C)(C)C)C(F)c1ccccc1C(F)(F)F. The number of benzene rings is 1. The molecule has 0 bridgehead atoms. The van der Waals surface area contributed by atoms with Gasteiger partial charge in [0.25, 0.3) is 0 Å². The Hall–Kier alpha value is -1.85. The Kier molecular flexibility index (Phi) is 4.81. The third kappa shape index (κ3) is 4.58. The van der Waals surface area contributed by atoms with E-state index in [4.69, 9.17) is 4.74 Å². The molecular weight excluding hydrogens is 288 g/mol. The molecule has 0 heterocycles. The van der Waals surface area contributed by atoms with Crippen LogP contribution in [0.4, 0.5) is 17.6 Å². The van der Waals surface area contributed by atoms with Crippen LogP contribution in [0.5, 0.6) is 0 Å². The Morgan fingerprint density at radius 3 is 2.19 bits per heavy atom. The van der Waals surface area contributed by atoms with Crippen molar-refractivity contribution in [3.8, 4) is 0 Å². The van der Waals surface area contributed by atoms with Crippen LogP contribution in [0, 0.1) is 0 Å². The van der Waals surface area contributed by atoms with Gasteiger partial charge in [-0.2, -0.15) is 13.2 Å². The van der Waals surface area contributed by atoms with Gasteiger partial charge in [-0.15, -0.1) is 0 Å². The molecule has 6 heteroatoms. The highest BCUT2D eigenvalue weighted by molar-refractivity contribution is 5.89. The minimum absolute atomic E-state index is 0.652. The van der Waals surface area contributed by atoms with Crippen LogP contribution in [0.1, 0.15) is 38.1 Å². The van der Waals surface area contributed by atoms with Gasteiger partial charge in [-0.05, 0) is 26.8 Å². The fraction of sp³-hybridized carbons (Fsp3) is 0.400. The van der Waals surface area contributed by atoms with Crippen molar-refractivity contribution >= 4 is 5.97 Å². The average Bonchev–Trinajstić information content (AvgIpc) is 2.34. The molecule has 0 saturated carbocycles. The lowest BCUT2D eigenvalue weighted by Gasteiger charge is -2.22. The van der Waals surface area contributed by atoms with E-state index in [-0.39, 0.29) is 0 Å². The Labute approximate surface area is 120 Å². The molecule has 0 spiro atoms.